The van der Waals surface area contributed by atoms with Crippen molar-refractivity contribution in [3.8, 4) is 0 Å². The molecular formula is C17H22F3N3O. The van der Waals surface area contributed by atoms with Crippen LogP contribution in [0.25, 0.3) is 0 Å². The van der Waals surface area contributed by atoms with Crippen LogP contribution in [-0.4, -0.2) is 30.0 Å². The first-order valence-corrected chi connectivity index (χ1v) is 8.07. The van der Waals surface area contributed by atoms with Gasteiger partial charge in [0, 0.05) is 30.9 Å². The molecule has 0 aromatic carbocycles. The fourth-order valence-corrected chi connectivity index (χ4v) is 2.69. The highest BCUT2D eigenvalue weighted by molar-refractivity contribution is 5.92. The molecule has 2 rings (SSSR count). The molecular weight excluding hydrogens is 319 g/mol. The maximum absolute atomic E-state index is 12.6. The number of aromatic nitrogens is 1. The Balaban J connectivity index is 1.89. The Morgan fingerprint density at radius 3 is 2.54 bits per heavy atom. The number of piperidine rings is 1. The Morgan fingerprint density at radius 1 is 1.38 bits per heavy atom. The Bertz CT molecular complexity index is 588. The molecule has 1 aromatic heterocycles. The number of anilines is 1. The number of nitrogens with zero attached hydrogens (tertiary/aromatic N) is 2. The van der Waals surface area contributed by atoms with E-state index in [0.29, 0.717) is 24.5 Å². The normalized spacial score (nSPS) is 17.0. The molecule has 24 heavy (non-hydrogen) atoms. The number of carbonyl (C=O) groups excluding carboxylic acids is 1. The van der Waals surface area contributed by atoms with Crippen LogP contribution in [0.1, 0.15) is 38.7 Å². The number of allylic oxidation sites excluding steroid dienone is 1. The van der Waals surface area contributed by atoms with E-state index >= 15 is 0 Å². The first-order valence-electron chi connectivity index (χ1n) is 8.07. The highest BCUT2D eigenvalue weighted by Gasteiger charge is 2.31. The quantitative estimate of drug-likeness (QED) is 0.852. The monoisotopic (exact) mass is 341 g/mol. The van der Waals surface area contributed by atoms with E-state index in [1.54, 1.807) is 6.92 Å². The molecule has 1 amide bonds. The topological polar surface area (TPSA) is 45.2 Å². The third-order valence-corrected chi connectivity index (χ3v) is 4.10. The minimum atomic E-state index is -4.37. The van der Waals surface area contributed by atoms with Gasteiger partial charge in [-0.2, -0.15) is 13.2 Å². The summed E-state index contributed by atoms with van der Waals surface area (Å²) in [6.07, 6.45) is 0.685. The van der Waals surface area contributed by atoms with Gasteiger partial charge < -0.3 is 10.2 Å². The van der Waals surface area contributed by atoms with E-state index in [1.165, 1.54) is 6.07 Å². The zero-order valence-electron chi connectivity index (χ0n) is 13.9. The number of pyridine rings is 1. The molecule has 0 spiro atoms. The lowest BCUT2D eigenvalue weighted by Crippen LogP contribution is -2.45. The molecule has 0 bridgehead atoms. The fourth-order valence-electron chi connectivity index (χ4n) is 2.69. The molecule has 1 saturated heterocycles. The lowest BCUT2D eigenvalue weighted by Gasteiger charge is -2.33. The number of nitrogens with one attached hydrogen (secondary N) is 1. The summed E-state index contributed by atoms with van der Waals surface area (Å²) in [6.45, 7) is 5.08. The molecule has 0 atom stereocenters. The van der Waals surface area contributed by atoms with Crippen molar-refractivity contribution < 1.29 is 18.0 Å². The van der Waals surface area contributed by atoms with E-state index in [-0.39, 0.29) is 11.9 Å². The molecule has 1 aliphatic heterocycles. The molecule has 0 unspecified atom stereocenters. The zero-order valence-corrected chi connectivity index (χ0v) is 13.9. The number of amides is 1. The van der Waals surface area contributed by atoms with Crippen molar-refractivity contribution in [2.45, 2.75) is 45.3 Å². The molecule has 0 aliphatic carbocycles. The van der Waals surface area contributed by atoms with Gasteiger partial charge in [-0.15, -0.1) is 0 Å². The molecule has 1 aromatic rings. The lowest BCUT2D eigenvalue weighted by molar-refractivity contribution is -0.137. The Kier molecular flexibility index (Phi) is 5.85. The van der Waals surface area contributed by atoms with Gasteiger partial charge >= 0.3 is 6.18 Å². The Morgan fingerprint density at radius 2 is 2.04 bits per heavy atom. The van der Waals surface area contributed by atoms with Crippen LogP contribution < -0.4 is 10.2 Å². The van der Waals surface area contributed by atoms with Gasteiger partial charge in [0.15, 0.2) is 0 Å². The highest BCUT2D eigenvalue weighted by atomic mass is 19.4. The summed E-state index contributed by atoms with van der Waals surface area (Å²) in [5.74, 6) is 0.484. The molecule has 7 heteroatoms. The van der Waals surface area contributed by atoms with Crippen molar-refractivity contribution in [2.24, 2.45) is 0 Å². The third-order valence-electron chi connectivity index (χ3n) is 4.10. The van der Waals surface area contributed by atoms with E-state index in [9.17, 15) is 18.0 Å². The van der Waals surface area contributed by atoms with Crippen LogP contribution in [0.5, 0.6) is 0 Å². The van der Waals surface area contributed by atoms with Crippen molar-refractivity contribution in [3.63, 3.8) is 0 Å². The van der Waals surface area contributed by atoms with Gasteiger partial charge in [0.25, 0.3) is 0 Å². The van der Waals surface area contributed by atoms with Crippen molar-refractivity contribution >= 4 is 11.7 Å². The number of hydrogen-bond acceptors (Lipinski definition) is 3. The molecule has 4 nitrogen and oxygen atoms in total. The van der Waals surface area contributed by atoms with Gasteiger partial charge in [-0.05, 0) is 38.3 Å². The van der Waals surface area contributed by atoms with Crippen LogP contribution in [0.4, 0.5) is 19.0 Å². The van der Waals surface area contributed by atoms with Gasteiger partial charge in [-0.3, -0.25) is 4.79 Å². The second-order valence-corrected chi connectivity index (χ2v) is 5.93. The molecule has 1 fully saturated rings. The largest absolute Gasteiger partial charge is 0.417 e. The van der Waals surface area contributed by atoms with Crippen molar-refractivity contribution in [1.29, 1.82) is 0 Å². The summed E-state index contributed by atoms with van der Waals surface area (Å²) >= 11 is 0. The predicted molar refractivity (Wildman–Crippen MR) is 86.7 cm³/mol. The first-order chi connectivity index (χ1) is 11.3. The minimum Gasteiger partial charge on any atom is -0.356 e. The van der Waals surface area contributed by atoms with Gasteiger partial charge in [0.1, 0.15) is 5.82 Å². The summed E-state index contributed by atoms with van der Waals surface area (Å²) in [5, 5.41) is 3.00. The molecule has 0 saturated carbocycles. The number of alkyl halides is 3. The van der Waals surface area contributed by atoms with Crippen LogP contribution in [0, 0.1) is 0 Å². The van der Waals surface area contributed by atoms with Crippen LogP contribution in [-0.2, 0) is 11.0 Å². The standard InChI is InChI=1S/C17H22F3N3O/c1-3-4-12(2)16(24)22-14-7-9-23(10-8-14)15-6-5-13(11-21-15)17(18,19)20/h4-6,11,14H,3,7-10H2,1-2H3,(H,22,24). The Hall–Kier alpha value is -2.05. The van der Waals surface area contributed by atoms with Crippen LogP contribution in [0.2, 0.25) is 0 Å². The molecule has 1 aliphatic rings. The van der Waals surface area contributed by atoms with Gasteiger partial charge in [0.05, 0.1) is 5.56 Å². The van der Waals surface area contributed by atoms with E-state index in [0.717, 1.165) is 31.5 Å². The zero-order chi connectivity index (χ0) is 17.7. The summed E-state index contributed by atoms with van der Waals surface area (Å²) in [4.78, 5) is 17.8. The first kappa shape index (κ1) is 18.3. The van der Waals surface area contributed by atoms with Crippen molar-refractivity contribution in [1.82, 2.24) is 10.3 Å². The maximum Gasteiger partial charge on any atom is 0.417 e. The van der Waals surface area contributed by atoms with Crippen LogP contribution in [0.3, 0.4) is 0 Å². The summed E-state index contributed by atoms with van der Waals surface area (Å²) < 4.78 is 37.7. The molecule has 1 N–H and O–H groups in total. The van der Waals surface area contributed by atoms with Gasteiger partial charge in [0.2, 0.25) is 5.91 Å². The number of halogens is 3. The smallest absolute Gasteiger partial charge is 0.356 e. The van der Waals surface area contributed by atoms with E-state index in [1.807, 2.05) is 17.9 Å². The molecule has 132 valence electrons. The maximum atomic E-state index is 12.6. The predicted octanol–water partition coefficient (Wildman–Crippen LogP) is 3.54. The summed E-state index contributed by atoms with van der Waals surface area (Å²) in [5.41, 5.74) is -0.0316. The van der Waals surface area contributed by atoms with Crippen molar-refractivity contribution in [3.05, 3.63) is 35.5 Å². The van der Waals surface area contributed by atoms with Gasteiger partial charge in [-0.1, -0.05) is 13.0 Å². The van der Waals surface area contributed by atoms with E-state index < -0.39 is 11.7 Å². The lowest BCUT2D eigenvalue weighted by atomic mass is 10.0. The second-order valence-electron chi connectivity index (χ2n) is 5.93. The van der Waals surface area contributed by atoms with Crippen molar-refractivity contribution in [2.75, 3.05) is 18.0 Å². The number of rotatable bonds is 4. The second kappa shape index (κ2) is 7.68. The third kappa shape index (κ3) is 4.72. The average molecular weight is 341 g/mol. The SMILES string of the molecule is CCC=C(C)C(=O)NC1CCN(c2ccc(C(F)(F)F)cn2)CC1. The summed E-state index contributed by atoms with van der Waals surface area (Å²) in [6, 6.07) is 2.54. The van der Waals surface area contributed by atoms with Crippen LogP contribution >= 0.6 is 0 Å². The van der Waals surface area contributed by atoms with E-state index in [2.05, 4.69) is 10.3 Å². The Labute approximate surface area is 139 Å². The summed E-state index contributed by atoms with van der Waals surface area (Å²) in [7, 11) is 0. The number of hydrogen-bond donors (Lipinski definition) is 1. The highest BCUT2D eigenvalue weighted by Crippen LogP contribution is 2.29. The van der Waals surface area contributed by atoms with E-state index in [4.69, 9.17) is 0 Å². The number of carbonyl (C=O) groups is 1. The fraction of sp³-hybridized carbons (Fsp3) is 0.529. The molecule has 2 heterocycles. The van der Waals surface area contributed by atoms with Gasteiger partial charge in [-0.25, -0.2) is 4.98 Å². The van der Waals surface area contributed by atoms with Crippen LogP contribution in [0.15, 0.2) is 30.0 Å². The average Bonchev–Trinajstić information content (AvgIpc) is 2.55. The molecule has 0 radical (unpaired) electrons. The minimum absolute atomic E-state index is 0.0528.